The third-order valence-electron chi connectivity index (χ3n) is 3.87. The first-order valence-corrected chi connectivity index (χ1v) is 7.11. The highest BCUT2D eigenvalue weighted by Gasteiger charge is 2.28. The topological polar surface area (TPSA) is 43.4 Å². The normalized spacial score (nSPS) is 19.2. The van der Waals surface area contributed by atoms with E-state index < -0.39 is 0 Å². The molecule has 20 heavy (non-hydrogen) atoms. The fourth-order valence-corrected chi connectivity index (χ4v) is 2.85. The quantitative estimate of drug-likeness (QED) is 0.838. The standard InChI is InChI=1S/C15H21N3O2/c1-3-19-11-12-8-18(9-13-5-4-6-20-13)10-15-14(12)7-16-17(15)2/h4-7,12H,3,8-11H2,1-2H3/t12-/m1/s1. The van der Waals surface area contributed by atoms with Gasteiger partial charge in [0.2, 0.25) is 0 Å². The maximum absolute atomic E-state index is 5.64. The van der Waals surface area contributed by atoms with Crippen molar-refractivity contribution in [2.45, 2.75) is 25.9 Å². The van der Waals surface area contributed by atoms with Crippen LogP contribution in [0.2, 0.25) is 0 Å². The smallest absolute Gasteiger partial charge is 0.117 e. The molecule has 0 aromatic carbocycles. The van der Waals surface area contributed by atoms with Gasteiger partial charge >= 0.3 is 0 Å². The van der Waals surface area contributed by atoms with Gasteiger partial charge in [-0.15, -0.1) is 0 Å². The molecule has 3 heterocycles. The van der Waals surface area contributed by atoms with E-state index in [-0.39, 0.29) is 0 Å². The zero-order valence-corrected chi connectivity index (χ0v) is 12.1. The molecule has 2 aromatic heterocycles. The summed E-state index contributed by atoms with van der Waals surface area (Å²) in [6.07, 6.45) is 3.72. The van der Waals surface area contributed by atoms with Crippen molar-refractivity contribution < 1.29 is 9.15 Å². The first-order valence-electron chi connectivity index (χ1n) is 7.11. The molecule has 0 bridgehead atoms. The van der Waals surface area contributed by atoms with Gasteiger partial charge in [-0.2, -0.15) is 5.10 Å². The summed E-state index contributed by atoms with van der Waals surface area (Å²) in [5.41, 5.74) is 2.61. The number of aromatic nitrogens is 2. The molecule has 1 aliphatic heterocycles. The molecule has 2 aromatic rings. The minimum Gasteiger partial charge on any atom is -0.468 e. The van der Waals surface area contributed by atoms with Crippen LogP contribution in [0.15, 0.2) is 29.0 Å². The Bertz CT molecular complexity index is 547. The van der Waals surface area contributed by atoms with Gasteiger partial charge in [0.1, 0.15) is 5.76 Å². The molecule has 0 unspecified atom stereocenters. The SMILES string of the molecule is CCOC[C@H]1CN(Cc2ccco2)Cc2c1cnn2C. The van der Waals surface area contributed by atoms with E-state index in [9.17, 15) is 0 Å². The van der Waals surface area contributed by atoms with E-state index in [0.29, 0.717) is 5.92 Å². The van der Waals surface area contributed by atoms with Crippen molar-refractivity contribution in [3.05, 3.63) is 41.6 Å². The number of furan rings is 1. The summed E-state index contributed by atoms with van der Waals surface area (Å²) >= 11 is 0. The fourth-order valence-electron chi connectivity index (χ4n) is 2.85. The largest absolute Gasteiger partial charge is 0.468 e. The summed E-state index contributed by atoms with van der Waals surface area (Å²) in [5, 5.41) is 4.40. The van der Waals surface area contributed by atoms with Crippen LogP contribution in [0.25, 0.3) is 0 Å². The molecule has 0 N–H and O–H groups in total. The summed E-state index contributed by atoms with van der Waals surface area (Å²) < 4.78 is 13.1. The second-order valence-electron chi connectivity index (χ2n) is 5.28. The van der Waals surface area contributed by atoms with Crippen LogP contribution in [-0.4, -0.2) is 34.4 Å². The van der Waals surface area contributed by atoms with Crippen molar-refractivity contribution in [2.75, 3.05) is 19.8 Å². The minimum atomic E-state index is 0.391. The predicted molar refractivity (Wildman–Crippen MR) is 75.3 cm³/mol. The number of aryl methyl sites for hydroxylation is 1. The summed E-state index contributed by atoms with van der Waals surface area (Å²) in [4.78, 5) is 2.40. The molecule has 0 amide bonds. The van der Waals surface area contributed by atoms with Gasteiger partial charge in [0.25, 0.3) is 0 Å². The van der Waals surface area contributed by atoms with Crippen molar-refractivity contribution in [3.63, 3.8) is 0 Å². The Morgan fingerprint density at radius 1 is 1.50 bits per heavy atom. The first-order chi connectivity index (χ1) is 9.78. The Balaban J connectivity index is 1.77. The zero-order chi connectivity index (χ0) is 13.9. The van der Waals surface area contributed by atoms with Crippen LogP contribution in [-0.2, 0) is 24.9 Å². The molecule has 5 heteroatoms. The molecule has 0 saturated carbocycles. The monoisotopic (exact) mass is 275 g/mol. The molecule has 5 nitrogen and oxygen atoms in total. The number of hydrogen-bond donors (Lipinski definition) is 0. The van der Waals surface area contributed by atoms with E-state index in [1.807, 2.05) is 37.0 Å². The molecular formula is C15H21N3O2. The second-order valence-corrected chi connectivity index (χ2v) is 5.28. The third-order valence-corrected chi connectivity index (χ3v) is 3.87. The average molecular weight is 275 g/mol. The lowest BCUT2D eigenvalue weighted by Gasteiger charge is -2.32. The third kappa shape index (κ3) is 2.64. The Labute approximate surface area is 119 Å². The van der Waals surface area contributed by atoms with Gasteiger partial charge in [-0.25, -0.2) is 0 Å². The number of nitrogens with zero attached hydrogens (tertiary/aromatic N) is 3. The van der Waals surface area contributed by atoms with Gasteiger partial charge < -0.3 is 9.15 Å². The number of fused-ring (bicyclic) bond motifs is 1. The molecule has 0 fully saturated rings. The van der Waals surface area contributed by atoms with Gasteiger partial charge in [0.05, 0.1) is 31.3 Å². The van der Waals surface area contributed by atoms with Crippen molar-refractivity contribution in [3.8, 4) is 0 Å². The van der Waals surface area contributed by atoms with Gasteiger partial charge in [0, 0.05) is 38.2 Å². The lowest BCUT2D eigenvalue weighted by atomic mass is 9.95. The molecule has 108 valence electrons. The molecule has 0 spiro atoms. The van der Waals surface area contributed by atoms with Gasteiger partial charge in [0.15, 0.2) is 0 Å². The summed E-state index contributed by atoms with van der Waals surface area (Å²) in [6, 6.07) is 3.96. The van der Waals surface area contributed by atoms with Crippen molar-refractivity contribution >= 4 is 0 Å². The predicted octanol–water partition coefficient (Wildman–Crippen LogP) is 2.15. The number of ether oxygens (including phenoxy) is 1. The molecule has 0 saturated heterocycles. The fraction of sp³-hybridized carbons (Fsp3) is 0.533. The lowest BCUT2D eigenvalue weighted by molar-refractivity contribution is 0.102. The highest BCUT2D eigenvalue weighted by Crippen LogP contribution is 2.29. The Kier molecular flexibility index (Phi) is 3.89. The van der Waals surface area contributed by atoms with E-state index in [1.165, 1.54) is 11.3 Å². The van der Waals surface area contributed by atoms with Crippen LogP contribution in [0.1, 0.15) is 29.9 Å². The van der Waals surface area contributed by atoms with Gasteiger partial charge in [-0.1, -0.05) is 0 Å². The van der Waals surface area contributed by atoms with Crippen LogP contribution in [0.4, 0.5) is 0 Å². The lowest BCUT2D eigenvalue weighted by Crippen LogP contribution is -2.35. The zero-order valence-electron chi connectivity index (χ0n) is 12.1. The van der Waals surface area contributed by atoms with Crippen LogP contribution in [0.5, 0.6) is 0 Å². The maximum Gasteiger partial charge on any atom is 0.117 e. The van der Waals surface area contributed by atoms with Crippen LogP contribution >= 0.6 is 0 Å². The summed E-state index contributed by atoms with van der Waals surface area (Å²) in [5.74, 6) is 1.40. The van der Waals surface area contributed by atoms with E-state index in [4.69, 9.17) is 9.15 Å². The van der Waals surface area contributed by atoms with Crippen LogP contribution in [0.3, 0.4) is 0 Å². The van der Waals surface area contributed by atoms with Crippen LogP contribution in [0, 0.1) is 0 Å². The van der Waals surface area contributed by atoms with E-state index in [2.05, 4.69) is 10.00 Å². The Hall–Kier alpha value is -1.59. The second kappa shape index (κ2) is 5.81. The van der Waals surface area contributed by atoms with Crippen molar-refractivity contribution in [1.82, 2.24) is 14.7 Å². The minimum absolute atomic E-state index is 0.391. The summed E-state index contributed by atoms with van der Waals surface area (Å²) in [7, 11) is 2.01. The van der Waals surface area contributed by atoms with Gasteiger partial charge in [-0.05, 0) is 19.1 Å². The Morgan fingerprint density at radius 2 is 2.40 bits per heavy atom. The molecule has 1 aliphatic rings. The number of hydrogen-bond acceptors (Lipinski definition) is 4. The maximum atomic E-state index is 5.64. The molecule has 3 rings (SSSR count). The Morgan fingerprint density at radius 3 is 3.15 bits per heavy atom. The average Bonchev–Trinajstić information content (AvgIpc) is 3.07. The molecule has 0 aliphatic carbocycles. The molecule has 0 radical (unpaired) electrons. The van der Waals surface area contributed by atoms with Gasteiger partial charge in [-0.3, -0.25) is 9.58 Å². The highest BCUT2D eigenvalue weighted by molar-refractivity contribution is 5.26. The van der Waals surface area contributed by atoms with E-state index in [1.54, 1.807) is 6.26 Å². The van der Waals surface area contributed by atoms with Crippen LogP contribution < -0.4 is 0 Å². The summed E-state index contributed by atoms with van der Waals surface area (Å²) in [6.45, 7) is 6.27. The molecule has 1 atom stereocenters. The van der Waals surface area contributed by atoms with E-state index >= 15 is 0 Å². The number of rotatable bonds is 5. The van der Waals surface area contributed by atoms with E-state index in [0.717, 1.165) is 38.6 Å². The van der Waals surface area contributed by atoms with Crippen molar-refractivity contribution in [2.24, 2.45) is 7.05 Å². The molecular weight excluding hydrogens is 254 g/mol. The highest BCUT2D eigenvalue weighted by atomic mass is 16.5. The van der Waals surface area contributed by atoms with Crippen molar-refractivity contribution in [1.29, 1.82) is 0 Å². The first kappa shape index (κ1) is 13.4.